The van der Waals surface area contributed by atoms with Crippen LogP contribution in [0.25, 0.3) is 0 Å². The summed E-state index contributed by atoms with van der Waals surface area (Å²) in [6.07, 6.45) is 9.73. The fourth-order valence-corrected chi connectivity index (χ4v) is 4.60. The second-order valence-corrected chi connectivity index (χ2v) is 7.66. The molecule has 0 aromatic carbocycles. The molecule has 2 heteroatoms. The van der Waals surface area contributed by atoms with Gasteiger partial charge >= 0.3 is 0 Å². The van der Waals surface area contributed by atoms with Crippen LogP contribution in [0.15, 0.2) is 0 Å². The first-order valence-corrected chi connectivity index (χ1v) is 7.53. The van der Waals surface area contributed by atoms with E-state index in [1.807, 2.05) is 0 Å². The van der Waals surface area contributed by atoms with Crippen molar-refractivity contribution in [2.45, 2.75) is 62.2 Å². The molecule has 0 N–H and O–H groups in total. The lowest BCUT2D eigenvalue weighted by Crippen LogP contribution is -2.40. The Balaban J connectivity index is 2.12. The van der Waals surface area contributed by atoms with Gasteiger partial charge in [0.25, 0.3) is 0 Å². The highest BCUT2D eigenvalue weighted by molar-refractivity contribution is 14.1. The van der Waals surface area contributed by atoms with Crippen molar-refractivity contribution in [1.29, 1.82) is 0 Å². The first kappa shape index (κ1) is 11.9. The lowest BCUT2D eigenvalue weighted by atomic mass is 9.57. The minimum absolute atomic E-state index is 0.527. The first-order valence-electron chi connectivity index (χ1n) is 6.28. The number of rotatable bonds is 2. The molecule has 86 valence electrons. The van der Waals surface area contributed by atoms with Gasteiger partial charge < -0.3 is 0 Å². The highest BCUT2D eigenvalue weighted by Crippen LogP contribution is 2.52. The van der Waals surface area contributed by atoms with E-state index < -0.39 is 0 Å². The van der Waals surface area contributed by atoms with Crippen molar-refractivity contribution in [3.8, 4) is 0 Å². The SMILES string of the molecule is CC(I)CC12CCCCC1CC(=O)CC2. The number of ketones is 1. The van der Waals surface area contributed by atoms with Gasteiger partial charge in [-0.15, -0.1) is 0 Å². The monoisotopic (exact) mass is 320 g/mol. The summed E-state index contributed by atoms with van der Waals surface area (Å²) in [4.78, 5) is 11.5. The molecule has 0 aliphatic heterocycles. The summed E-state index contributed by atoms with van der Waals surface area (Å²) < 4.78 is 0.761. The normalized spacial score (nSPS) is 38.5. The lowest BCUT2D eigenvalue weighted by Gasteiger charge is -2.48. The molecule has 0 bridgehead atoms. The molecule has 0 amide bonds. The Morgan fingerprint density at radius 1 is 1.47 bits per heavy atom. The third-order valence-electron chi connectivity index (χ3n) is 4.41. The summed E-state index contributed by atoms with van der Waals surface area (Å²) in [6, 6.07) is 0. The van der Waals surface area contributed by atoms with Gasteiger partial charge in [-0.1, -0.05) is 42.4 Å². The molecule has 2 fully saturated rings. The van der Waals surface area contributed by atoms with Crippen molar-refractivity contribution in [2.75, 3.05) is 0 Å². The van der Waals surface area contributed by atoms with Crippen molar-refractivity contribution < 1.29 is 4.79 Å². The zero-order valence-corrected chi connectivity index (χ0v) is 11.8. The van der Waals surface area contributed by atoms with Crippen molar-refractivity contribution in [3.05, 3.63) is 0 Å². The number of hydrogen-bond acceptors (Lipinski definition) is 1. The predicted octanol–water partition coefficient (Wildman–Crippen LogP) is 4.13. The molecule has 2 rings (SSSR count). The molecule has 3 unspecified atom stereocenters. The summed E-state index contributed by atoms with van der Waals surface area (Å²) in [5.41, 5.74) is 0.548. The van der Waals surface area contributed by atoms with E-state index in [1.54, 1.807) is 0 Å². The number of carbonyl (C=O) groups excluding carboxylic acids is 1. The standard InChI is InChI=1S/C13H21IO/c1-10(14)9-13-6-3-2-4-11(13)8-12(15)5-7-13/h10-11H,2-9H2,1H3. The maximum atomic E-state index is 11.5. The van der Waals surface area contributed by atoms with E-state index in [-0.39, 0.29) is 0 Å². The maximum absolute atomic E-state index is 11.5. The van der Waals surface area contributed by atoms with Crippen molar-refractivity contribution >= 4 is 28.4 Å². The van der Waals surface area contributed by atoms with E-state index in [1.165, 1.54) is 38.5 Å². The summed E-state index contributed by atoms with van der Waals surface area (Å²) in [7, 11) is 0. The van der Waals surface area contributed by atoms with Crippen LogP contribution in [0.4, 0.5) is 0 Å². The van der Waals surface area contributed by atoms with E-state index in [9.17, 15) is 4.79 Å². The van der Waals surface area contributed by atoms with Crippen LogP contribution >= 0.6 is 22.6 Å². The molecule has 1 nitrogen and oxygen atoms in total. The molecule has 0 aromatic heterocycles. The third kappa shape index (κ3) is 2.56. The molecule has 3 atom stereocenters. The topological polar surface area (TPSA) is 17.1 Å². The molecule has 0 radical (unpaired) electrons. The van der Waals surface area contributed by atoms with Gasteiger partial charge in [0.05, 0.1) is 0 Å². The van der Waals surface area contributed by atoms with Crippen LogP contribution in [-0.2, 0) is 4.79 Å². The molecule has 2 aliphatic carbocycles. The van der Waals surface area contributed by atoms with Crippen molar-refractivity contribution in [1.82, 2.24) is 0 Å². The minimum Gasteiger partial charge on any atom is -0.300 e. The molecule has 0 saturated heterocycles. The number of carbonyl (C=O) groups is 1. The largest absolute Gasteiger partial charge is 0.300 e. The quantitative estimate of drug-likeness (QED) is 0.552. The van der Waals surface area contributed by atoms with E-state index in [0.29, 0.717) is 11.2 Å². The van der Waals surface area contributed by atoms with Crippen LogP contribution in [0.5, 0.6) is 0 Å². The van der Waals surface area contributed by atoms with Crippen LogP contribution in [0.3, 0.4) is 0 Å². The Kier molecular flexibility index (Phi) is 3.74. The van der Waals surface area contributed by atoms with Gasteiger partial charge in [0.1, 0.15) is 5.78 Å². The Labute approximate surface area is 107 Å². The van der Waals surface area contributed by atoms with Crippen molar-refractivity contribution in [3.63, 3.8) is 0 Å². The Morgan fingerprint density at radius 2 is 2.27 bits per heavy atom. The fraction of sp³-hybridized carbons (Fsp3) is 0.923. The molecule has 0 heterocycles. The van der Waals surface area contributed by atoms with Gasteiger partial charge in [0.2, 0.25) is 0 Å². The van der Waals surface area contributed by atoms with E-state index in [4.69, 9.17) is 0 Å². The van der Waals surface area contributed by atoms with Gasteiger partial charge in [-0.05, 0) is 37.0 Å². The summed E-state index contributed by atoms with van der Waals surface area (Å²) in [5.74, 6) is 1.25. The van der Waals surface area contributed by atoms with Crippen LogP contribution in [-0.4, -0.2) is 9.71 Å². The minimum atomic E-state index is 0.527. The molecular formula is C13H21IO. The predicted molar refractivity (Wildman–Crippen MR) is 71.3 cm³/mol. The zero-order chi connectivity index (χ0) is 10.9. The molecule has 0 spiro atoms. The number of fused-ring (bicyclic) bond motifs is 1. The van der Waals surface area contributed by atoms with Gasteiger partial charge in [0, 0.05) is 16.8 Å². The van der Waals surface area contributed by atoms with Crippen LogP contribution < -0.4 is 0 Å². The lowest BCUT2D eigenvalue weighted by molar-refractivity contribution is -0.126. The van der Waals surface area contributed by atoms with Gasteiger partial charge in [-0.25, -0.2) is 0 Å². The average Bonchev–Trinajstić information content (AvgIpc) is 2.17. The smallest absolute Gasteiger partial charge is 0.133 e. The number of Topliss-reactive ketones (excluding diaryl/α,β-unsaturated/α-hetero) is 1. The average molecular weight is 320 g/mol. The number of hydrogen-bond donors (Lipinski definition) is 0. The highest BCUT2D eigenvalue weighted by atomic mass is 127. The zero-order valence-electron chi connectivity index (χ0n) is 9.60. The van der Waals surface area contributed by atoms with Crippen LogP contribution in [0, 0.1) is 11.3 Å². The Hall–Kier alpha value is 0.400. The molecule has 2 saturated carbocycles. The fourth-order valence-electron chi connectivity index (χ4n) is 3.72. The summed E-state index contributed by atoms with van der Waals surface area (Å²) >= 11 is 2.55. The second kappa shape index (κ2) is 4.72. The van der Waals surface area contributed by atoms with Crippen LogP contribution in [0.2, 0.25) is 0 Å². The Morgan fingerprint density at radius 3 is 3.00 bits per heavy atom. The van der Waals surface area contributed by atoms with Crippen molar-refractivity contribution in [2.24, 2.45) is 11.3 Å². The van der Waals surface area contributed by atoms with E-state index >= 15 is 0 Å². The third-order valence-corrected chi connectivity index (χ3v) is 4.85. The number of alkyl halides is 1. The summed E-state index contributed by atoms with van der Waals surface area (Å²) in [6.45, 7) is 2.32. The molecule has 2 aliphatic rings. The molecular weight excluding hydrogens is 299 g/mol. The van der Waals surface area contributed by atoms with Gasteiger partial charge in [-0.3, -0.25) is 4.79 Å². The molecule has 15 heavy (non-hydrogen) atoms. The molecule has 0 aromatic rings. The van der Waals surface area contributed by atoms with Gasteiger partial charge in [-0.2, -0.15) is 0 Å². The summed E-state index contributed by atoms with van der Waals surface area (Å²) in [5, 5.41) is 0. The van der Waals surface area contributed by atoms with E-state index in [0.717, 1.165) is 22.7 Å². The number of halogens is 1. The van der Waals surface area contributed by atoms with E-state index in [2.05, 4.69) is 29.5 Å². The van der Waals surface area contributed by atoms with Crippen LogP contribution in [0.1, 0.15) is 58.3 Å². The Bertz CT molecular complexity index is 249. The highest BCUT2D eigenvalue weighted by Gasteiger charge is 2.44. The maximum Gasteiger partial charge on any atom is 0.133 e. The second-order valence-electron chi connectivity index (χ2n) is 5.53. The first-order chi connectivity index (χ1) is 7.12. The van der Waals surface area contributed by atoms with Gasteiger partial charge in [0.15, 0.2) is 0 Å².